The zero-order chi connectivity index (χ0) is 27.2. The van der Waals surface area contributed by atoms with E-state index in [0.717, 1.165) is 18.2 Å². The number of carboxylic acids is 1. The van der Waals surface area contributed by atoms with Gasteiger partial charge in [0, 0.05) is 23.2 Å². The second-order valence-corrected chi connectivity index (χ2v) is 8.41. The topological polar surface area (TPSA) is 119 Å². The Morgan fingerprint density at radius 1 is 0.842 bits per heavy atom. The molecule has 0 bridgehead atoms. The van der Waals surface area contributed by atoms with Crippen LogP contribution >= 0.6 is 0 Å². The summed E-state index contributed by atoms with van der Waals surface area (Å²) < 4.78 is 34.4. The van der Waals surface area contributed by atoms with Crippen molar-refractivity contribution < 1.29 is 33.0 Å². The number of carbonyl (C=O) groups excluding carboxylic acids is 2. The first-order valence-electron chi connectivity index (χ1n) is 11.5. The van der Waals surface area contributed by atoms with Crippen LogP contribution in [-0.2, 0) is 11.2 Å². The molecular formula is C29H22F2N2O5. The summed E-state index contributed by atoms with van der Waals surface area (Å²) in [5, 5.41) is 11.9. The lowest BCUT2D eigenvalue weighted by Crippen LogP contribution is -2.42. The number of carbonyl (C=O) groups is 3. The number of ether oxygens (including phenoxy) is 1. The first kappa shape index (κ1) is 26.0. The predicted molar refractivity (Wildman–Crippen MR) is 137 cm³/mol. The van der Waals surface area contributed by atoms with Crippen LogP contribution in [0.4, 0.5) is 14.5 Å². The van der Waals surface area contributed by atoms with Gasteiger partial charge in [-0.3, -0.25) is 4.79 Å². The van der Waals surface area contributed by atoms with Gasteiger partial charge in [0.25, 0.3) is 5.91 Å². The third-order valence-electron chi connectivity index (χ3n) is 5.70. The molecule has 1 atom stereocenters. The number of hydrogen-bond donors (Lipinski definition) is 3. The first-order valence-corrected chi connectivity index (χ1v) is 11.5. The van der Waals surface area contributed by atoms with Crippen LogP contribution in [0, 0.1) is 11.6 Å². The summed E-state index contributed by atoms with van der Waals surface area (Å²) in [6.07, 6.45) is -0.229. The number of hydrogen-bond acceptors (Lipinski definition) is 5. The quantitative estimate of drug-likeness (QED) is 0.175. The van der Waals surface area contributed by atoms with Crippen LogP contribution in [0.3, 0.4) is 0 Å². The monoisotopic (exact) mass is 516 g/mol. The minimum absolute atomic E-state index is 0.109. The van der Waals surface area contributed by atoms with Gasteiger partial charge in [0.15, 0.2) is 11.6 Å². The van der Waals surface area contributed by atoms with Crippen molar-refractivity contribution >= 4 is 23.5 Å². The summed E-state index contributed by atoms with van der Waals surface area (Å²) in [6, 6.07) is 20.7. The molecule has 9 heteroatoms. The molecule has 4 aromatic rings. The summed E-state index contributed by atoms with van der Waals surface area (Å²) in [6.45, 7) is 0. The number of aliphatic carboxylic acids is 1. The first-order chi connectivity index (χ1) is 18.2. The van der Waals surface area contributed by atoms with Crippen LogP contribution < -0.4 is 15.8 Å². The molecule has 7 nitrogen and oxygen atoms in total. The lowest BCUT2D eigenvalue weighted by atomic mass is 10.0. The van der Waals surface area contributed by atoms with Crippen molar-refractivity contribution in [3.63, 3.8) is 0 Å². The molecule has 0 heterocycles. The lowest BCUT2D eigenvalue weighted by molar-refractivity contribution is -0.139. The SMILES string of the molecule is Nc1ccc(C(=O)NC(Cc2ccc(OC(=O)c3ccc(-c4ccccc4)c(F)c3)c(F)c2)C(=O)O)cc1. The minimum atomic E-state index is -1.35. The molecule has 4 rings (SSSR count). The van der Waals surface area contributed by atoms with Gasteiger partial charge in [0.2, 0.25) is 0 Å². The van der Waals surface area contributed by atoms with Crippen LogP contribution in [0.15, 0.2) is 91.0 Å². The third kappa shape index (κ3) is 6.19. The highest BCUT2D eigenvalue weighted by Crippen LogP contribution is 2.25. The number of nitrogens with two attached hydrogens (primary N) is 1. The number of halogens is 2. The molecule has 4 aromatic carbocycles. The van der Waals surface area contributed by atoms with Gasteiger partial charge in [-0.1, -0.05) is 42.5 Å². The van der Waals surface area contributed by atoms with E-state index in [1.54, 1.807) is 30.3 Å². The second-order valence-electron chi connectivity index (χ2n) is 8.41. The summed E-state index contributed by atoms with van der Waals surface area (Å²) in [5.74, 6) is -4.88. The predicted octanol–water partition coefficient (Wildman–Crippen LogP) is 4.86. The van der Waals surface area contributed by atoms with Crippen molar-refractivity contribution in [1.82, 2.24) is 5.32 Å². The molecule has 0 aromatic heterocycles. The number of nitrogens with one attached hydrogen (secondary N) is 1. The molecule has 0 aliphatic rings. The number of amides is 1. The molecule has 1 amide bonds. The van der Waals surface area contributed by atoms with E-state index in [1.807, 2.05) is 0 Å². The Kier molecular flexibility index (Phi) is 7.77. The summed E-state index contributed by atoms with van der Waals surface area (Å²) in [7, 11) is 0. The largest absolute Gasteiger partial charge is 0.480 e. The van der Waals surface area contributed by atoms with Crippen molar-refractivity contribution in [1.29, 1.82) is 0 Å². The molecule has 0 radical (unpaired) electrons. The second kappa shape index (κ2) is 11.3. The van der Waals surface area contributed by atoms with Gasteiger partial charge in [-0.05, 0) is 59.7 Å². The fourth-order valence-corrected chi connectivity index (χ4v) is 3.72. The maximum absolute atomic E-state index is 14.7. The Hall–Kier alpha value is -5.05. The average Bonchev–Trinajstić information content (AvgIpc) is 2.90. The highest BCUT2D eigenvalue weighted by Gasteiger charge is 2.22. The van der Waals surface area contributed by atoms with Gasteiger partial charge in [0.1, 0.15) is 11.9 Å². The van der Waals surface area contributed by atoms with E-state index >= 15 is 0 Å². The molecule has 4 N–H and O–H groups in total. The van der Waals surface area contributed by atoms with Crippen molar-refractivity contribution in [2.45, 2.75) is 12.5 Å². The van der Waals surface area contributed by atoms with E-state index in [-0.39, 0.29) is 23.1 Å². The van der Waals surface area contributed by atoms with E-state index < -0.39 is 41.3 Å². The average molecular weight is 517 g/mol. The summed E-state index contributed by atoms with van der Waals surface area (Å²) >= 11 is 0. The smallest absolute Gasteiger partial charge is 0.343 e. The fourth-order valence-electron chi connectivity index (χ4n) is 3.72. The maximum Gasteiger partial charge on any atom is 0.343 e. The van der Waals surface area contributed by atoms with E-state index in [9.17, 15) is 28.3 Å². The third-order valence-corrected chi connectivity index (χ3v) is 5.70. The number of anilines is 1. The van der Waals surface area contributed by atoms with E-state index in [1.165, 1.54) is 42.5 Å². The molecule has 1 unspecified atom stereocenters. The van der Waals surface area contributed by atoms with Crippen molar-refractivity contribution in [3.8, 4) is 16.9 Å². The Balaban J connectivity index is 1.43. The van der Waals surface area contributed by atoms with Gasteiger partial charge in [0.05, 0.1) is 5.56 Å². The van der Waals surface area contributed by atoms with Crippen LogP contribution in [0.2, 0.25) is 0 Å². The molecule has 0 aliphatic heterocycles. The summed E-state index contributed by atoms with van der Waals surface area (Å²) in [5.41, 5.74) is 7.32. The van der Waals surface area contributed by atoms with E-state index in [4.69, 9.17) is 10.5 Å². The van der Waals surface area contributed by atoms with Gasteiger partial charge in [-0.15, -0.1) is 0 Å². The Bertz CT molecular complexity index is 1490. The standard InChI is InChI=1S/C29H22F2N2O5/c30-23-16-20(9-12-22(23)18-4-2-1-3-5-18)29(37)38-26-13-6-17(14-24(26)31)15-25(28(35)36)33-27(34)19-7-10-21(32)11-8-19/h1-14,16,25H,15,32H2,(H,33,34)(H,35,36). The van der Waals surface area contributed by atoms with Crippen molar-refractivity contribution in [2.75, 3.05) is 5.73 Å². The molecule has 0 fully saturated rings. The van der Waals surface area contributed by atoms with Gasteiger partial charge >= 0.3 is 11.9 Å². The van der Waals surface area contributed by atoms with Crippen LogP contribution in [0.1, 0.15) is 26.3 Å². The Labute approximate surface area is 216 Å². The van der Waals surface area contributed by atoms with Gasteiger partial charge < -0.3 is 20.9 Å². The number of benzene rings is 4. The Morgan fingerprint density at radius 3 is 2.16 bits per heavy atom. The highest BCUT2D eigenvalue weighted by molar-refractivity contribution is 5.97. The molecule has 0 aliphatic carbocycles. The van der Waals surface area contributed by atoms with E-state index in [0.29, 0.717) is 16.8 Å². The van der Waals surface area contributed by atoms with Gasteiger partial charge in [-0.25, -0.2) is 18.4 Å². The summed E-state index contributed by atoms with van der Waals surface area (Å²) in [4.78, 5) is 36.6. The fraction of sp³-hybridized carbons (Fsp3) is 0.0690. The molecule has 38 heavy (non-hydrogen) atoms. The van der Waals surface area contributed by atoms with Crippen LogP contribution in [-0.4, -0.2) is 29.0 Å². The van der Waals surface area contributed by atoms with E-state index in [2.05, 4.69) is 5.32 Å². The maximum atomic E-state index is 14.7. The molecule has 0 saturated heterocycles. The normalized spacial score (nSPS) is 11.4. The molecule has 0 saturated carbocycles. The van der Waals surface area contributed by atoms with Gasteiger partial charge in [-0.2, -0.15) is 0 Å². The molecule has 0 spiro atoms. The van der Waals surface area contributed by atoms with Crippen LogP contribution in [0.25, 0.3) is 11.1 Å². The highest BCUT2D eigenvalue weighted by atomic mass is 19.1. The number of nitrogen functional groups attached to an aromatic ring is 1. The number of rotatable bonds is 8. The Morgan fingerprint density at radius 2 is 1.53 bits per heavy atom. The van der Waals surface area contributed by atoms with Crippen molar-refractivity contribution in [3.05, 3.63) is 119 Å². The minimum Gasteiger partial charge on any atom is -0.480 e. The van der Waals surface area contributed by atoms with Crippen LogP contribution in [0.5, 0.6) is 5.75 Å². The zero-order valence-electron chi connectivity index (χ0n) is 19.9. The molecule has 192 valence electrons. The molecular weight excluding hydrogens is 494 g/mol. The number of carboxylic acid groups (broad SMARTS) is 1. The van der Waals surface area contributed by atoms with Crippen molar-refractivity contribution in [2.24, 2.45) is 0 Å². The zero-order valence-corrected chi connectivity index (χ0v) is 19.9. The lowest BCUT2D eigenvalue weighted by Gasteiger charge is -2.15. The number of esters is 1.